The average molecular weight is 445 g/mol. The van der Waals surface area contributed by atoms with Gasteiger partial charge in [-0.25, -0.2) is 0 Å². The Morgan fingerprint density at radius 2 is 1.72 bits per heavy atom. The smallest absolute Gasteiger partial charge is 0.244 e. The molecule has 4 fully saturated rings. The molecule has 0 bridgehead atoms. The van der Waals surface area contributed by atoms with E-state index in [4.69, 9.17) is 5.73 Å². The summed E-state index contributed by atoms with van der Waals surface area (Å²) in [5.74, 6) is 2.68. The van der Waals surface area contributed by atoms with E-state index < -0.39 is 0 Å². The molecule has 0 heterocycles. The summed E-state index contributed by atoms with van der Waals surface area (Å²) in [5.41, 5.74) is 7.56. The molecule has 0 aromatic heterocycles. The van der Waals surface area contributed by atoms with E-state index in [-0.39, 0.29) is 20.0 Å². The third-order valence-electron chi connectivity index (χ3n) is 11.8. The third kappa shape index (κ3) is 3.89. The second kappa shape index (κ2) is 9.43. The summed E-state index contributed by atoms with van der Waals surface area (Å²) in [5, 5.41) is 2.63. The van der Waals surface area contributed by atoms with E-state index in [1.807, 2.05) is 6.08 Å². The summed E-state index contributed by atoms with van der Waals surface area (Å²) >= 11 is 0. The highest BCUT2D eigenvalue weighted by molar-refractivity contribution is 5.87. The molecule has 0 saturated heterocycles. The van der Waals surface area contributed by atoms with Crippen LogP contribution in [0.2, 0.25) is 0 Å². The molecule has 3 heteroatoms. The monoisotopic (exact) mass is 444 g/mol. The first-order valence-corrected chi connectivity index (χ1v) is 13.3. The molecule has 0 aromatic carbocycles. The molecule has 0 radical (unpaired) electrons. The number of rotatable bonds is 6. The van der Waals surface area contributed by atoms with Crippen molar-refractivity contribution in [3.63, 3.8) is 0 Å². The number of hydrogen-bond acceptors (Lipinski definition) is 2. The van der Waals surface area contributed by atoms with Crippen LogP contribution in [0.1, 0.15) is 119 Å². The van der Waals surface area contributed by atoms with Crippen LogP contribution in [-0.4, -0.2) is 12.6 Å². The van der Waals surface area contributed by atoms with Crippen LogP contribution in [0.5, 0.6) is 0 Å². The predicted molar refractivity (Wildman–Crippen MR) is 136 cm³/mol. The summed E-state index contributed by atoms with van der Waals surface area (Å²) < 4.78 is 0. The number of carbonyl (C=O) groups excluding carboxylic acids is 1. The van der Waals surface area contributed by atoms with Crippen LogP contribution < -0.4 is 11.1 Å². The first kappa shape index (κ1) is 25.8. The van der Waals surface area contributed by atoms with Gasteiger partial charge in [0, 0.05) is 0 Å². The van der Waals surface area contributed by atoms with Crippen LogP contribution in [-0.2, 0) is 4.79 Å². The molecular formula is C29H52N2O. The van der Waals surface area contributed by atoms with Gasteiger partial charge in [-0.2, -0.15) is 0 Å². The van der Waals surface area contributed by atoms with Gasteiger partial charge in [0.1, 0.15) is 0 Å². The van der Waals surface area contributed by atoms with E-state index in [0.717, 1.165) is 24.2 Å². The number of nitrogens with two attached hydrogens (primary N) is 1. The van der Waals surface area contributed by atoms with Crippen LogP contribution >= 0.6 is 0 Å². The molecule has 4 saturated carbocycles. The fraction of sp³-hybridized carbons (Fsp3) is 0.897. The van der Waals surface area contributed by atoms with Gasteiger partial charge in [0.25, 0.3) is 0 Å². The normalized spacial score (nSPS) is 45.5. The number of carbonyl (C=O) groups is 1. The summed E-state index contributed by atoms with van der Waals surface area (Å²) in [4.78, 5) is 11.5. The second-order valence-electron chi connectivity index (χ2n) is 12.6. The minimum absolute atomic E-state index is 0. The molecule has 7 atom stereocenters. The lowest BCUT2D eigenvalue weighted by molar-refractivity contribution is -0.209. The van der Waals surface area contributed by atoms with Gasteiger partial charge in [0.15, 0.2) is 0 Å². The van der Waals surface area contributed by atoms with Crippen molar-refractivity contribution in [1.29, 1.82) is 0 Å². The van der Waals surface area contributed by atoms with E-state index in [9.17, 15) is 4.79 Å². The average Bonchev–Trinajstić information content (AvgIpc) is 3.06. The lowest BCUT2D eigenvalue weighted by atomic mass is 9.35. The molecule has 1 amide bonds. The van der Waals surface area contributed by atoms with Crippen molar-refractivity contribution in [3.05, 3.63) is 12.2 Å². The highest BCUT2D eigenvalue weighted by Crippen LogP contribution is 2.75. The van der Waals surface area contributed by atoms with E-state index in [1.54, 1.807) is 6.08 Å². The summed E-state index contributed by atoms with van der Waals surface area (Å²) in [7, 11) is 0. The largest absolute Gasteiger partial charge is 0.340 e. The van der Waals surface area contributed by atoms with E-state index >= 15 is 0 Å². The Morgan fingerprint density at radius 3 is 2.47 bits per heavy atom. The molecule has 0 aliphatic heterocycles. The van der Waals surface area contributed by atoms with Crippen molar-refractivity contribution >= 4 is 5.91 Å². The van der Waals surface area contributed by atoms with Gasteiger partial charge in [0.05, 0.1) is 6.67 Å². The number of fused-ring (bicyclic) bond motifs is 5. The summed E-state index contributed by atoms with van der Waals surface area (Å²) in [6.45, 7) is 11.0. The molecule has 4 rings (SSSR count). The summed E-state index contributed by atoms with van der Waals surface area (Å²) in [6.07, 6.45) is 21.8. The minimum Gasteiger partial charge on any atom is -0.340 e. The van der Waals surface area contributed by atoms with Gasteiger partial charge in [-0.3, -0.25) is 4.79 Å². The molecule has 3 N–H and O–H groups in total. The SMILES string of the molecule is C.CC12CCC3(C)C(CCC4(C)CCCCC43C)C1CCC2CCC/C=C/C(=O)NCN. The lowest BCUT2D eigenvalue weighted by Gasteiger charge is -2.70. The highest BCUT2D eigenvalue weighted by atomic mass is 16.1. The maximum Gasteiger partial charge on any atom is 0.244 e. The van der Waals surface area contributed by atoms with Gasteiger partial charge < -0.3 is 11.1 Å². The Labute approximate surface area is 198 Å². The number of hydrogen-bond donors (Lipinski definition) is 2. The second-order valence-corrected chi connectivity index (χ2v) is 12.6. The van der Waals surface area contributed by atoms with Gasteiger partial charge >= 0.3 is 0 Å². The zero-order valence-corrected chi connectivity index (χ0v) is 20.8. The van der Waals surface area contributed by atoms with Crippen molar-refractivity contribution in [1.82, 2.24) is 5.32 Å². The topological polar surface area (TPSA) is 55.1 Å². The zero-order chi connectivity index (χ0) is 22.3. The third-order valence-corrected chi connectivity index (χ3v) is 11.8. The van der Waals surface area contributed by atoms with Crippen molar-refractivity contribution in [2.24, 2.45) is 45.1 Å². The molecule has 32 heavy (non-hydrogen) atoms. The zero-order valence-electron chi connectivity index (χ0n) is 20.8. The van der Waals surface area contributed by atoms with Crippen molar-refractivity contribution in [2.75, 3.05) is 6.67 Å². The Bertz CT molecular complexity index is 703. The van der Waals surface area contributed by atoms with Gasteiger partial charge in [-0.05, 0) is 116 Å². The number of unbranched alkanes of at least 4 members (excludes halogenated alkanes) is 1. The summed E-state index contributed by atoms with van der Waals surface area (Å²) in [6, 6.07) is 0. The molecule has 184 valence electrons. The highest BCUT2D eigenvalue weighted by Gasteiger charge is 2.67. The van der Waals surface area contributed by atoms with Gasteiger partial charge in [-0.1, -0.05) is 54.0 Å². The maximum absolute atomic E-state index is 11.5. The number of nitrogens with one attached hydrogen (secondary N) is 1. The standard InChI is InChI=1S/C28H48N2O.CH4/c1-25-15-8-9-16-28(25,4)27(3)19-18-26(2)21(12-13-22(26)23(27)14-17-25)10-6-5-7-11-24(31)30-20-29;/h7,11,21-23H,5-6,8-10,12-20,29H2,1-4H3,(H,30,31);1H4/b11-7+;. The Kier molecular flexibility index (Phi) is 7.60. The fourth-order valence-corrected chi connectivity index (χ4v) is 9.48. The van der Waals surface area contributed by atoms with Crippen molar-refractivity contribution in [2.45, 2.75) is 119 Å². The van der Waals surface area contributed by atoms with Gasteiger partial charge in [-0.15, -0.1) is 0 Å². The van der Waals surface area contributed by atoms with Crippen LogP contribution in [0.25, 0.3) is 0 Å². The molecule has 7 unspecified atom stereocenters. The van der Waals surface area contributed by atoms with E-state index in [0.29, 0.717) is 21.7 Å². The molecule has 0 spiro atoms. The Morgan fingerprint density at radius 1 is 0.969 bits per heavy atom. The van der Waals surface area contributed by atoms with Crippen LogP contribution in [0, 0.1) is 39.4 Å². The molecule has 4 aliphatic carbocycles. The quantitative estimate of drug-likeness (QED) is 0.258. The van der Waals surface area contributed by atoms with Crippen molar-refractivity contribution in [3.8, 4) is 0 Å². The van der Waals surface area contributed by atoms with Gasteiger partial charge in [0.2, 0.25) is 5.91 Å². The van der Waals surface area contributed by atoms with Crippen LogP contribution in [0.4, 0.5) is 0 Å². The van der Waals surface area contributed by atoms with Crippen molar-refractivity contribution < 1.29 is 4.79 Å². The maximum atomic E-state index is 11.5. The first-order chi connectivity index (χ1) is 14.7. The Balaban J connectivity index is 0.00000289. The first-order valence-electron chi connectivity index (χ1n) is 13.3. The fourth-order valence-electron chi connectivity index (χ4n) is 9.48. The molecule has 0 aromatic rings. The minimum atomic E-state index is -0.0672. The van der Waals surface area contributed by atoms with E-state index in [2.05, 4.69) is 33.0 Å². The van der Waals surface area contributed by atoms with Crippen LogP contribution in [0.3, 0.4) is 0 Å². The van der Waals surface area contributed by atoms with Crippen LogP contribution in [0.15, 0.2) is 12.2 Å². The predicted octanol–water partition coefficient (Wildman–Crippen LogP) is 7.21. The van der Waals surface area contributed by atoms with E-state index in [1.165, 1.54) is 77.0 Å². The Hall–Kier alpha value is -0.830. The lowest BCUT2D eigenvalue weighted by Crippen LogP contribution is -2.62. The molecule has 4 aliphatic rings. The number of allylic oxidation sites excluding steroid dienone is 1. The molecule has 3 nitrogen and oxygen atoms in total. The molecular weight excluding hydrogens is 392 g/mol. The number of amides is 1.